The monoisotopic (exact) mass is 845 g/mol. The van der Waals surface area contributed by atoms with Crippen molar-refractivity contribution < 1.29 is 38.4 Å². The second kappa shape index (κ2) is 20.3. The van der Waals surface area contributed by atoms with Gasteiger partial charge < -0.3 is 52.5 Å². The molecule has 0 saturated heterocycles. The zero-order valence-corrected chi connectivity index (χ0v) is 34.0. The van der Waals surface area contributed by atoms with Crippen LogP contribution >= 0.6 is 11.6 Å². The summed E-state index contributed by atoms with van der Waals surface area (Å²) in [4.78, 5) is 117. The van der Waals surface area contributed by atoms with Crippen LogP contribution in [0.5, 0.6) is 0 Å². The van der Waals surface area contributed by atoms with Gasteiger partial charge in [0.25, 0.3) is 5.91 Å². The Hall–Kier alpha value is -6.76. The molecule has 3 heterocycles. The van der Waals surface area contributed by atoms with Crippen LogP contribution in [0, 0.1) is 0 Å². The van der Waals surface area contributed by atoms with Crippen molar-refractivity contribution in [2.75, 3.05) is 18.4 Å². The second-order valence-corrected chi connectivity index (χ2v) is 14.9. The third kappa shape index (κ3) is 11.5. The molecule has 10 N–H and O–H groups in total. The Balaban J connectivity index is 1.33. The number of primary amides is 1. The molecule has 2 aromatic carbocycles. The molecule has 20 heteroatoms. The Bertz CT molecular complexity index is 2240. The van der Waals surface area contributed by atoms with Gasteiger partial charge in [0.2, 0.25) is 41.4 Å². The number of nitrogens with zero attached hydrogens (tertiary/aromatic N) is 2. The molecule has 60 heavy (non-hydrogen) atoms. The number of nitrogens with one attached hydrogen (secondary N) is 8. The van der Waals surface area contributed by atoms with Crippen LogP contribution in [0.1, 0.15) is 61.6 Å². The van der Waals surface area contributed by atoms with E-state index in [2.05, 4.69) is 46.9 Å². The minimum absolute atomic E-state index is 0.00970. The van der Waals surface area contributed by atoms with Crippen LogP contribution in [-0.2, 0) is 46.4 Å². The molecule has 1 aliphatic heterocycles. The van der Waals surface area contributed by atoms with Gasteiger partial charge in [-0.2, -0.15) is 0 Å². The molecule has 0 fully saturated rings. The summed E-state index contributed by atoms with van der Waals surface area (Å²) in [7, 11) is 0. The number of halogens is 1. The van der Waals surface area contributed by atoms with E-state index in [1.807, 2.05) is 31.2 Å². The Morgan fingerprint density at radius 2 is 1.68 bits per heavy atom. The number of unbranched alkanes of at least 4 members (excludes halogenated alkanes) is 1. The van der Waals surface area contributed by atoms with Gasteiger partial charge in [-0.3, -0.25) is 38.4 Å². The van der Waals surface area contributed by atoms with Gasteiger partial charge in [0, 0.05) is 60.3 Å². The van der Waals surface area contributed by atoms with E-state index < -0.39 is 90.6 Å². The minimum Gasteiger partial charge on any atom is -0.368 e. The second-order valence-electron chi connectivity index (χ2n) is 14.4. The largest absolute Gasteiger partial charge is 0.368 e. The average molecular weight is 846 g/mol. The average Bonchev–Trinajstić information content (AvgIpc) is 3.86. The molecular formula is C40H48ClN11O8. The highest BCUT2D eigenvalue weighted by molar-refractivity contribution is 6.31. The molecule has 5 rings (SSSR count). The number of carbonyl (C=O) groups excluding carboxylic acids is 8. The van der Waals surface area contributed by atoms with Gasteiger partial charge in [0.1, 0.15) is 36.8 Å². The lowest BCUT2D eigenvalue weighted by molar-refractivity contribution is -0.133. The van der Waals surface area contributed by atoms with E-state index in [0.29, 0.717) is 24.1 Å². The number of H-pyrrole nitrogens is 2. The minimum atomic E-state index is -1.49. The summed E-state index contributed by atoms with van der Waals surface area (Å²) in [5.41, 5.74) is 7.76. The molecule has 0 bridgehead atoms. The molecular weight excluding hydrogens is 798 g/mol. The van der Waals surface area contributed by atoms with Crippen molar-refractivity contribution >= 4 is 75.4 Å². The quantitative estimate of drug-likeness (QED) is 0.0637. The number of fused-ring (bicyclic) bond motifs is 2. The number of benzene rings is 2. The van der Waals surface area contributed by atoms with Crippen molar-refractivity contribution in [2.24, 2.45) is 5.73 Å². The first-order valence-corrected chi connectivity index (χ1v) is 19.7. The molecule has 1 unspecified atom stereocenters. The number of anilines is 1. The van der Waals surface area contributed by atoms with Crippen LogP contribution in [0.2, 0.25) is 5.02 Å². The van der Waals surface area contributed by atoms with Crippen LogP contribution in [0.3, 0.4) is 0 Å². The first-order chi connectivity index (χ1) is 28.6. The van der Waals surface area contributed by atoms with Gasteiger partial charge >= 0.3 is 0 Å². The van der Waals surface area contributed by atoms with Gasteiger partial charge in [-0.05, 0) is 43.2 Å². The van der Waals surface area contributed by atoms with Crippen molar-refractivity contribution in [3.8, 4) is 0 Å². The molecule has 4 aromatic rings. The molecule has 19 nitrogen and oxygen atoms in total. The maximum Gasteiger partial charge on any atom is 0.257 e. The maximum atomic E-state index is 14.1. The maximum absolute atomic E-state index is 14.1. The van der Waals surface area contributed by atoms with E-state index >= 15 is 0 Å². The van der Waals surface area contributed by atoms with Gasteiger partial charge in [-0.25, -0.2) is 4.98 Å². The Morgan fingerprint density at radius 1 is 0.917 bits per heavy atom. The molecule has 5 atom stereocenters. The van der Waals surface area contributed by atoms with Crippen molar-refractivity contribution in [2.45, 2.75) is 83.1 Å². The molecule has 0 saturated carbocycles. The van der Waals surface area contributed by atoms with Crippen molar-refractivity contribution in [1.29, 1.82) is 0 Å². The lowest BCUT2D eigenvalue weighted by Gasteiger charge is -2.29. The zero-order valence-electron chi connectivity index (χ0n) is 33.2. The van der Waals surface area contributed by atoms with Crippen molar-refractivity contribution in [3.05, 3.63) is 83.0 Å². The summed E-state index contributed by atoms with van der Waals surface area (Å²) >= 11 is 6.18. The summed E-state index contributed by atoms with van der Waals surface area (Å²) in [5.74, 6) is -5.68. The number of para-hydroxylation sites is 1. The number of hydrogen-bond donors (Lipinski definition) is 9. The van der Waals surface area contributed by atoms with Gasteiger partial charge in [-0.1, -0.05) is 49.6 Å². The number of imidazole rings is 1. The van der Waals surface area contributed by atoms with Gasteiger partial charge in [-0.15, -0.1) is 0 Å². The van der Waals surface area contributed by atoms with Gasteiger partial charge in [0.05, 0.1) is 17.6 Å². The fraction of sp³-hybridized carbons (Fsp3) is 0.375. The highest BCUT2D eigenvalue weighted by atomic mass is 35.5. The zero-order chi connectivity index (χ0) is 43.5. The first kappa shape index (κ1) is 44.3. The predicted octanol–water partition coefficient (Wildman–Crippen LogP) is 0.563. The Kier molecular flexibility index (Phi) is 15.0. The van der Waals surface area contributed by atoms with E-state index in [-0.39, 0.29) is 29.1 Å². The van der Waals surface area contributed by atoms with Crippen molar-refractivity contribution in [3.63, 3.8) is 0 Å². The number of amides is 8. The fourth-order valence-electron chi connectivity index (χ4n) is 6.73. The van der Waals surface area contributed by atoms with Crippen LogP contribution in [0.4, 0.5) is 5.69 Å². The lowest BCUT2D eigenvalue weighted by atomic mass is 10.0. The third-order valence-corrected chi connectivity index (χ3v) is 10.1. The molecule has 318 valence electrons. The number of aromatic nitrogens is 3. The van der Waals surface area contributed by atoms with Crippen LogP contribution in [0.15, 0.2) is 61.2 Å². The fourth-order valence-corrected chi connectivity index (χ4v) is 6.90. The van der Waals surface area contributed by atoms with Gasteiger partial charge in [0.15, 0.2) is 0 Å². The lowest BCUT2D eigenvalue weighted by Crippen LogP contribution is -2.59. The van der Waals surface area contributed by atoms with E-state index in [9.17, 15) is 38.4 Å². The summed E-state index contributed by atoms with van der Waals surface area (Å²) in [5, 5.41) is 16.7. The number of rotatable bonds is 19. The summed E-state index contributed by atoms with van der Waals surface area (Å²) in [6, 6.07) is 5.57. The molecule has 0 aliphatic carbocycles. The molecule has 8 amide bonds. The smallest absolute Gasteiger partial charge is 0.257 e. The summed E-state index contributed by atoms with van der Waals surface area (Å²) in [6.45, 7) is 3.38. The normalized spacial score (nSPS) is 15.7. The number of nitrogens with two attached hydrogens (primary N) is 1. The molecule has 0 radical (unpaired) electrons. The number of aromatic amines is 2. The first-order valence-electron chi connectivity index (χ1n) is 19.3. The highest BCUT2D eigenvalue weighted by Crippen LogP contribution is 2.27. The molecule has 1 aliphatic rings. The van der Waals surface area contributed by atoms with Crippen LogP contribution in [0.25, 0.3) is 10.9 Å². The number of carbonyl (C=O) groups is 8. The van der Waals surface area contributed by atoms with E-state index in [0.717, 1.165) is 22.2 Å². The summed E-state index contributed by atoms with van der Waals surface area (Å²) < 4.78 is 0. The topological polar surface area (TPSA) is 282 Å². The van der Waals surface area contributed by atoms with Crippen LogP contribution in [-0.4, -0.2) is 110 Å². The van der Waals surface area contributed by atoms with Crippen LogP contribution < -0.4 is 37.6 Å². The highest BCUT2D eigenvalue weighted by Gasteiger charge is 2.38. The number of hydrogen-bond acceptors (Lipinski definition) is 9. The van der Waals surface area contributed by atoms with E-state index in [1.54, 1.807) is 6.20 Å². The summed E-state index contributed by atoms with van der Waals surface area (Å²) in [6.07, 6.45) is 6.24. The Labute approximate surface area is 349 Å². The van der Waals surface area contributed by atoms with E-state index in [4.69, 9.17) is 17.3 Å². The van der Waals surface area contributed by atoms with E-state index in [1.165, 1.54) is 44.6 Å². The molecule has 2 aromatic heterocycles. The molecule has 0 spiro atoms. The third-order valence-electron chi connectivity index (χ3n) is 9.88. The van der Waals surface area contributed by atoms with Crippen molar-refractivity contribution in [1.82, 2.24) is 46.4 Å². The standard InChI is InChI=1S/C40H48ClN11O8/c1-4-5-9-29(48-22(3)53)38(58)47-21(2)36(56)51-32(15-25-17-43-20-46-25)37(57)45-18-33-39(59)50-30-14-24(41)11-12-27(30)40(60)52(33)19-34(54)49-31(35(42)55)13-23-16-44-28-10-7-6-8-26(23)28/h6-8,10-12,14,16-17,20-21,29,31-33,44H,4-5,9,13,15,18-19H2,1-3H3,(H2,42,55)(H,43,46)(H,45,57)(H,47,58)(H,48,53)(H,49,54)(H,50,59)(H,51,56)/t21-,29-,31-,32-,33?/m0/s1. The predicted molar refractivity (Wildman–Crippen MR) is 220 cm³/mol. The Morgan fingerprint density at radius 3 is 2.38 bits per heavy atom. The SMILES string of the molecule is CCCC[C@H](NC(C)=O)C(=O)N[C@@H](C)C(=O)N[C@@H](Cc1cnc[nH]1)C(=O)NCC1C(=O)Nc2cc(Cl)ccc2C(=O)N1CC(=O)N[C@@H](Cc1c[nH]c2ccccc12)C(N)=O.